The maximum Gasteiger partial charge on any atom is 0.228 e. The Morgan fingerprint density at radius 1 is 1.50 bits per heavy atom. The minimum Gasteiger partial charge on any atom is -0.326 e. The van der Waals surface area contributed by atoms with Crippen molar-refractivity contribution in [3.8, 4) is 0 Å². The van der Waals surface area contributed by atoms with Gasteiger partial charge in [0.15, 0.2) is 0 Å². The maximum atomic E-state index is 11.1. The van der Waals surface area contributed by atoms with Crippen LogP contribution in [0.4, 0.5) is 5.69 Å². The molecule has 1 aromatic rings. The van der Waals surface area contributed by atoms with Crippen LogP contribution in [-0.2, 0) is 11.2 Å². The first kappa shape index (κ1) is 9.34. The smallest absolute Gasteiger partial charge is 0.228 e. The number of fused-ring (bicyclic) bond motifs is 1. The molecular weight excluding hydrogens is 194 g/mol. The van der Waals surface area contributed by atoms with Crippen molar-refractivity contribution < 1.29 is 4.79 Å². The Hall–Kier alpha value is -1.22. The lowest BCUT2D eigenvalue weighted by Gasteiger charge is -1.99. The van der Waals surface area contributed by atoms with E-state index in [4.69, 9.17) is 0 Å². The summed E-state index contributed by atoms with van der Waals surface area (Å²) in [5, 5.41) is 2.80. The molecule has 2 rings (SSSR count). The van der Waals surface area contributed by atoms with E-state index in [9.17, 15) is 4.79 Å². The second-order valence-electron chi connectivity index (χ2n) is 3.23. The van der Waals surface area contributed by atoms with Gasteiger partial charge in [0, 0.05) is 11.4 Å². The largest absolute Gasteiger partial charge is 0.326 e. The molecule has 1 aliphatic heterocycles. The monoisotopic (exact) mass is 205 g/mol. The van der Waals surface area contributed by atoms with Crippen LogP contribution in [0.15, 0.2) is 24.3 Å². The summed E-state index contributed by atoms with van der Waals surface area (Å²) in [5.41, 5.74) is 3.14. The molecule has 2 nitrogen and oxygen atoms in total. The molecule has 1 N–H and O–H groups in total. The predicted octanol–water partition coefficient (Wildman–Crippen LogP) is 2.12. The lowest BCUT2D eigenvalue weighted by Crippen LogP contribution is -2.03. The van der Waals surface area contributed by atoms with Crippen molar-refractivity contribution in [3.05, 3.63) is 35.4 Å². The van der Waals surface area contributed by atoms with Crippen molar-refractivity contribution in [1.82, 2.24) is 0 Å². The van der Waals surface area contributed by atoms with Crippen LogP contribution in [-0.4, -0.2) is 11.7 Å². The Labute approximate surface area is 88.4 Å². The van der Waals surface area contributed by atoms with Crippen molar-refractivity contribution in [2.75, 3.05) is 11.1 Å². The lowest BCUT2D eigenvalue weighted by molar-refractivity contribution is -0.115. The van der Waals surface area contributed by atoms with Gasteiger partial charge in [-0.3, -0.25) is 4.79 Å². The minimum absolute atomic E-state index is 0.0790. The third-order valence-electron chi connectivity index (χ3n) is 2.17. The molecule has 0 radical (unpaired) electrons. The Bertz CT molecular complexity index is 398. The highest BCUT2D eigenvalue weighted by molar-refractivity contribution is 7.80. The standard InChI is InChI=1S/C11H11NOS/c13-11-7-9-6-8(2-1-5-14)3-4-10(9)12-11/h1-4,6,14H,5,7H2,(H,12,13). The van der Waals surface area contributed by atoms with E-state index in [1.807, 2.05) is 30.4 Å². The Morgan fingerprint density at radius 3 is 3.14 bits per heavy atom. The van der Waals surface area contributed by atoms with Crippen LogP contribution in [0.1, 0.15) is 11.1 Å². The summed E-state index contributed by atoms with van der Waals surface area (Å²) in [4.78, 5) is 11.1. The number of carbonyl (C=O) groups excluding carboxylic acids is 1. The number of benzene rings is 1. The maximum absolute atomic E-state index is 11.1. The van der Waals surface area contributed by atoms with Crippen LogP contribution < -0.4 is 5.32 Å². The molecule has 0 atom stereocenters. The van der Waals surface area contributed by atoms with E-state index in [1.165, 1.54) is 0 Å². The van der Waals surface area contributed by atoms with E-state index in [1.54, 1.807) is 0 Å². The van der Waals surface area contributed by atoms with Crippen LogP contribution in [0.5, 0.6) is 0 Å². The highest BCUT2D eigenvalue weighted by Crippen LogP contribution is 2.24. The zero-order valence-electron chi connectivity index (χ0n) is 7.66. The van der Waals surface area contributed by atoms with Crippen molar-refractivity contribution >= 4 is 30.3 Å². The average molecular weight is 205 g/mol. The van der Waals surface area contributed by atoms with Gasteiger partial charge in [0.05, 0.1) is 6.42 Å². The first-order valence-corrected chi connectivity index (χ1v) is 5.13. The first-order chi connectivity index (χ1) is 6.79. The second-order valence-corrected chi connectivity index (χ2v) is 3.59. The average Bonchev–Trinajstić information content (AvgIpc) is 2.54. The van der Waals surface area contributed by atoms with E-state index < -0.39 is 0 Å². The molecule has 0 aromatic heterocycles. The SMILES string of the molecule is O=C1Cc2cc(C=CCS)ccc2N1. The topological polar surface area (TPSA) is 29.1 Å². The minimum atomic E-state index is 0.0790. The summed E-state index contributed by atoms with van der Waals surface area (Å²) < 4.78 is 0. The van der Waals surface area contributed by atoms with E-state index >= 15 is 0 Å². The summed E-state index contributed by atoms with van der Waals surface area (Å²) >= 11 is 4.09. The number of anilines is 1. The molecule has 0 aliphatic carbocycles. The molecule has 1 amide bonds. The quantitative estimate of drug-likeness (QED) is 0.711. The number of carbonyl (C=O) groups is 1. The van der Waals surface area contributed by atoms with Gasteiger partial charge in [0.25, 0.3) is 0 Å². The summed E-state index contributed by atoms with van der Waals surface area (Å²) in [5.74, 6) is 0.809. The van der Waals surface area contributed by atoms with Crippen molar-refractivity contribution in [2.45, 2.75) is 6.42 Å². The molecule has 0 bridgehead atoms. The van der Waals surface area contributed by atoms with Gasteiger partial charge in [-0.05, 0) is 23.3 Å². The van der Waals surface area contributed by atoms with Gasteiger partial charge in [-0.2, -0.15) is 12.6 Å². The molecule has 1 aliphatic rings. The summed E-state index contributed by atoms with van der Waals surface area (Å²) in [6.07, 6.45) is 4.49. The van der Waals surface area contributed by atoms with Crippen molar-refractivity contribution in [3.63, 3.8) is 0 Å². The van der Waals surface area contributed by atoms with E-state index in [0.29, 0.717) is 6.42 Å². The van der Waals surface area contributed by atoms with Crippen molar-refractivity contribution in [1.29, 1.82) is 0 Å². The van der Waals surface area contributed by atoms with Gasteiger partial charge in [-0.25, -0.2) is 0 Å². The summed E-state index contributed by atoms with van der Waals surface area (Å²) in [7, 11) is 0. The number of nitrogens with one attached hydrogen (secondary N) is 1. The molecule has 0 fully saturated rings. The Morgan fingerprint density at radius 2 is 2.36 bits per heavy atom. The normalized spacial score (nSPS) is 14.5. The van der Waals surface area contributed by atoms with E-state index in [-0.39, 0.29) is 5.91 Å². The molecule has 0 saturated carbocycles. The number of rotatable bonds is 2. The number of hydrogen-bond donors (Lipinski definition) is 2. The van der Waals surface area contributed by atoms with Gasteiger partial charge < -0.3 is 5.32 Å². The van der Waals surface area contributed by atoms with Gasteiger partial charge in [-0.1, -0.05) is 18.2 Å². The highest BCUT2D eigenvalue weighted by atomic mass is 32.1. The fraction of sp³-hybridized carbons (Fsp3) is 0.182. The van der Waals surface area contributed by atoms with Crippen LogP contribution in [0, 0.1) is 0 Å². The summed E-state index contributed by atoms with van der Waals surface area (Å²) in [6, 6.07) is 5.97. The molecule has 0 unspecified atom stereocenters. The van der Waals surface area contributed by atoms with Crippen LogP contribution >= 0.6 is 12.6 Å². The first-order valence-electron chi connectivity index (χ1n) is 4.50. The van der Waals surface area contributed by atoms with Gasteiger partial charge in [0.2, 0.25) is 5.91 Å². The molecule has 1 aromatic carbocycles. The Balaban J connectivity index is 2.28. The fourth-order valence-corrected chi connectivity index (χ4v) is 1.65. The number of amides is 1. The fourth-order valence-electron chi connectivity index (χ4n) is 1.54. The molecule has 0 spiro atoms. The van der Waals surface area contributed by atoms with Crippen molar-refractivity contribution in [2.24, 2.45) is 0 Å². The zero-order chi connectivity index (χ0) is 9.97. The van der Waals surface area contributed by atoms with Crippen LogP contribution in [0.3, 0.4) is 0 Å². The third kappa shape index (κ3) is 1.82. The molecule has 3 heteroatoms. The number of hydrogen-bond acceptors (Lipinski definition) is 2. The number of thiol groups is 1. The molecular formula is C11H11NOS. The van der Waals surface area contributed by atoms with Crippen LogP contribution in [0.25, 0.3) is 6.08 Å². The van der Waals surface area contributed by atoms with E-state index in [2.05, 4.69) is 17.9 Å². The lowest BCUT2D eigenvalue weighted by atomic mass is 10.1. The Kier molecular flexibility index (Phi) is 2.59. The van der Waals surface area contributed by atoms with Gasteiger partial charge >= 0.3 is 0 Å². The summed E-state index contributed by atoms with van der Waals surface area (Å²) in [6.45, 7) is 0. The molecule has 72 valence electrons. The molecule has 0 saturated heterocycles. The zero-order valence-corrected chi connectivity index (χ0v) is 8.55. The molecule has 1 heterocycles. The van der Waals surface area contributed by atoms with Crippen LogP contribution in [0.2, 0.25) is 0 Å². The van der Waals surface area contributed by atoms with Gasteiger partial charge in [-0.15, -0.1) is 0 Å². The van der Waals surface area contributed by atoms with Gasteiger partial charge in [0.1, 0.15) is 0 Å². The second kappa shape index (κ2) is 3.88. The highest BCUT2D eigenvalue weighted by Gasteiger charge is 2.16. The molecule has 14 heavy (non-hydrogen) atoms. The third-order valence-corrected chi connectivity index (χ3v) is 2.38. The predicted molar refractivity (Wildman–Crippen MR) is 61.7 cm³/mol. The van der Waals surface area contributed by atoms with E-state index in [0.717, 1.165) is 22.6 Å².